The normalized spacial score (nSPS) is 10.7. The Balaban J connectivity index is 1.65. The van der Waals surface area contributed by atoms with E-state index in [1.807, 2.05) is 56.3 Å². The Kier molecular flexibility index (Phi) is 11.8. The molecule has 6 heteroatoms. The fourth-order valence-corrected chi connectivity index (χ4v) is 4.23. The van der Waals surface area contributed by atoms with Crippen LogP contribution >= 0.6 is 11.8 Å². The molecule has 2 aromatic rings. The van der Waals surface area contributed by atoms with Crippen molar-refractivity contribution in [2.24, 2.45) is 0 Å². The summed E-state index contributed by atoms with van der Waals surface area (Å²) in [6.45, 7) is 20.2. The largest absolute Gasteiger partial charge is 0.354 e. The molecule has 184 valence electrons. The lowest BCUT2D eigenvalue weighted by Crippen LogP contribution is -2.16. The third-order valence-electron chi connectivity index (χ3n) is 5.00. The van der Waals surface area contributed by atoms with Crippen LogP contribution < -0.4 is 10.6 Å². The van der Waals surface area contributed by atoms with Crippen LogP contribution in [0.2, 0.25) is 0 Å². The van der Waals surface area contributed by atoms with E-state index in [4.69, 9.17) is 0 Å². The van der Waals surface area contributed by atoms with E-state index in [1.54, 1.807) is 17.8 Å². The van der Waals surface area contributed by atoms with Crippen LogP contribution in [0, 0.1) is 6.92 Å². The van der Waals surface area contributed by atoms with Gasteiger partial charge in [-0.2, -0.15) is 5.10 Å². The van der Waals surface area contributed by atoms with E-state index in [9.17, 15) is 4.79 Å². The molecule has 0 spiro atoms. The van der Waals surface area contributed by atoms with E-state index < -0.39 is 0 Å². The Morgan fingerprint density at radius 2 is 1.89 bits per heavy atom. The van der Waals surface area contributed by atoms with E-state index in [0.29, 0.717) is 18.7 Å². The molecule has 0 radical (unpaired) electrons. The molecule has 0 aliphatic heterocycles. The topological polar surface area (TPSA) is 66.9 Å². The van der Waals surface area contributed by atoms with Gasteiger partial charge in [-0.05, 0) is 67.7 Å². The van der Waals surface area contributed by atoms with Crippen LogP contribution in [0.5, 0.6) is 0 Å². The quantitative estimate of drug-likeness (QED) is 0.208. The Labute approximate surface area is 214 Å². The van der Waals surface area contributed by atoms with E-state index in [1.165, 1.54) is 0 Å². The summed E-state index contributed by atoms with van der Waals surface area (Å²) in [6, 6.07) is 11.6. The van der Waals surface area contributed by atoms with Crippen molar-refractivity contribution in [3.05, 3.63) is 113 Å². The second-order valence-electron chi connectivity index (χ2n) is 8.46. The van der Waals surface area contributed by atoms with Gasteiger partial charge in [-0.15, -0.1) is 5.10 Å². The van der Waals surface area contributed by atoms with Crippen molar-refractivity contribution < 1.29 is 4.79 Å². The predicted molar refractivity (Wildman–Crippen MR) is 150 cm³/mol. The molecule has 5 nitrogen and oxygen atoms in total. The second-order valence-corrected chi connectivity index (χ2v) is 9.73. The van der Waals surface area contributed by atoms with E-state index >= 15 is 0 Å². The average molecular weight is 489 g/mol. The van der Waals surface area contributed by atoms with Gasteiger partial charge in [-0.1, -0.05) is 80.1 Å². The molecule has 2 N–H and O–H groups in total. The van der Waals surface area contributed by atoms with Gasteiger partial charge in [-0.3, -0.25) is 4.79 Å². The van der Waals surface area contributed by atoms with Gasteiger partial charge in [0.05, 0.1) is 17.1 Å². The van der Waals surface area contributed by atoms with Crippen LogP contribution in [-0.4, -0.2) is 16.1 Å². The number of rotatable bonds is 15. The highest BCUT2D eigenvalue weighted by Gasteiger charge is 2.07. The summed E-state index contributed by atoms with van der Waals surface area (Å²) in [5.74, 6) is 0.370. The van der Waals surface area contributed by atoms with Crippen LogP contribution in [-0.2, 0) is 17.6 Å². The number of nitrogens with zero attached hydrogens (tertiary/aromatic N) is 2. The van der Waals surface area contributed by atoms with E-state index in [0.717, 1.165) is 63.7 Å². The minimum Gasteiger partial charge on any atom is -0.354 e. The van der Waals surface area contributed by atoms with Gasteiger partial charge >= 0.3 is 0 Å². The summed E-state index contributed by atoms with van der Waals surface area (Å²) in [4.78, 5) is 13.3. The van der Waals surface area contributed by atoms with E-state index in [2.05, 4.69) is 47.1 Å². The molecule has 0 atom stereocenters. The molecule has 0 bridgehead atoms. The molecule has 0 unspecified atom stereocenters. The Morgan fingerprint density at radius 3 is 2.57 bits per heavy atom. The molecular weight excluding hydrogens is 452 g/mol. The highest BCUT2D eigenvalue weighted by atomic mass is 32.2. The zero-order chi connectivity index (χ0) is 25.6. The Hall–Kier alpha value is -3.38. The maximum atomic E-state index is 12.3. The third kappa shape index (κ3) is 11.5. The average Bonchev–Trinajstić information content (AvgIpc) is 2.77. The van der Waals surface area contributed by atoms with Gasteiger partial charge in [0.15, 0.2) is 5.82 Å². The first-order valence-electron chi connectivity index (χ1n) is 11.7. The fraction of sp³-hybridized carbons (Fsp3) is 0.276. The number of amides is 1. The lowest BCUT2D eigenvalue weighted by molar-refractivity contribution is -0.115. The number of anilines is 1. The molecule has 2 rings (SSSR count). The van der Waals surface area contributed by atoms with Crippen LogP contribution in [0.4, 0.5) is 5.82 Å². The first-order valence-corrected chi connectivity index (χ1v) is 12.5. The van der Waals surface area contributed by atoms with Crippen molar-refractivity contribution in [2.45, 2.75) is 52.4 Å². The molecule has 1 amide bonds. The maximum absolute atomic E-state index is 12.3. The summed E-state index contributed by atoms with van der Waals surface area (Å²) >= 11 is 1.55. The summed E-state index contributed by atoms with van der Waals surface area (Å²) in [5.41, 5.74) is 4.89. The van der Waals surface area contributed by atoms with Gasteiger partial charge in [0.2, 0.25) is 5.91 Å². The lowest BCUT2D eigenvalue weighted by atomic mass is 10.1. The number of carbonyl (C=O) groups excluding carboxylic acids is 1. The number of aromatic nitrogens is 2. The molecular formula is C29H36N4OS. The fourth-order valence-electron chi connectivity index (χ4n) is 3.44. The smallest absolute Gasteiger partial charge is 0.229 e. The van der Waals surface area contributed by atoms with E-state index in [-0.39, 0.29) is 5.91 Å². The summed E-state index contributed by atoms with van der Waals surface area (Å²) in [6.07, 6.45) is 8.63. The molecule has 35 heavy (non-hydrogen) atoms. The number of thioether (sulfide) groups is 1. The number of benzene rings is 1. The standard InChI is InChI=1S/C29H36N4OS/c1-7-11-21(2)18-23(4)30-25(6)35-24(5)13-8-9-15-27-16-17-28(33-32-27)31-29(34)20-26-14-10-12-22(3)19-26/h7,10-12,14,16-17,19,30H,2,4-6,8-9,13,15,18,20H2,1,3H3,(H,31,33,34)/b11-7-. The zero-order valence-corrected chi connectivity index (χ0v) is 21.7. The van der Waals surface area contributed by atoms with Crippen molar-refractivity contribution in [3.8, 4) is 0 Å². The van der Waals surface area contributed by atoms with Crippen molar-refractivity contribution in [1.29, 1.82) is 0 Å². The highest BCUT2D eigenvalue weighted by molar-refractivity contribution is 8.06. The maximum Gasteiger partial charge on any atom is 0.229 e. The number of unbranched alkanes of at least 4 members (excludes halogenated alkanes) is 1. The summed E-state index contributed by atoms with van der Waals surface area (Å²) in [7, 11) is 0. The number of aryl methyl sites for hydroxylation is 2. The van der Waals surface area contributed by atoms with Crippen LogP contribution in [0.15, 0.2) is 96.1 Å². The molecule has 1 heterocycles. The first kappa shape index (κ1) is 27.9. The number of allylic oxidation sites excluding steroid dienone is 4. The van der Waals surface area contributed by atoms with Crippen LogP contribution in [0.1, 0.15) is 49.4 Å². The van der Waals surface area contributed by atoms with Crippen molar-refractivity contribution >= 4 is 23.5 Å². The van der Waals surface area contributed by atoms with Crippen molar-refractivity contribution in [1.82, 2.24) is 15.5 Å². The van der Waals surface area contributed by atoms with Gasteiger partial charge < -0.3 is 10.6 Å². The molecule has 0 saturated heterocycles. The Morgan fingerprint density at radius 1 is 1.09 bits per heavy atom. The SMILES string of the molecule is C=C(/C=C\C)CC(=C)NC(=C)SC(=C)CCCCc1ccc(NC(=O)Cc2cccc(C)c2)nn1. The van der Waals surface area contributed by atoms with Gasteiger partial charge in [0.1, 0.15) is 0 Å². The zero-order valence-electron chi connectivity index (χ0n) is 20.9. The van der Waals surface area contributed by atoms with Crippen molar-refractivity contribution in [3.63, 3.8) is 0 Å². The van der Waals surface area contributed by atoms with Gasteiger partial charge in [-0.25, -0.2) is 0 Å². The third-order valence-corrected chi connectivity index (χ3v) is 5.84. The van der Waals surface area contributed by atoms with Gasteiger partial charge in [0, 0.05) is 12.1 Å². The second kappa shape index (κ2) is 14.8. The lowest BCUT2D eigenvalue weighted by Gasteiger charge is -2.13. The number of nitrogens with one attached hydrogen (secondary N) is 2. The molecule has 0 aliphatic rings. The number of carbonyl (C=O) groups is 1. The minimum atomic E-state index is -0.101. The summed E-state index contributed by atoms with van der Waals surface area (Å²) < 4.78 is 0. The minimum absolute atomic E-state index is 0.101. The molecule has 0 fully saturated rings. The molecule has 1 aromatic carbocycles. The number of hydrogen-bond acceptors (Lipinski definition) is 5. The highest BCUT2D eigenvalue weighted by Crippen LogP contribution is 2.26. The monoisotopic (exact) mass is 488 g/mol. The number of hydrogen-bond donors (Lipinski definition) is 2. The molecule has 0 saturated carbocycles. The molecule has 0 aliphatic carbocycles. The Bertz CT molecular complexity index is 1090. The van der Waals surface area contributed by atoms with Crippen LogP contribution in [0.3, 0.4) is 0 Å². The predicted octanol–water partition coefficient (Wildman–Crippen LogP) is 7.02. The van der Waals surface area contributed by atoms with Crippen molar-refractivity contribution in [2.75, 3.05) is 5.32 Å². The first-order chi connectivity index (χ1) is 16.7. The molecule has 1 aromatic heterocycles. The summed E-state index contributed by atoms with van der Waals surface area (Å²) in [5, 5.41) is 15.2. The van der Waals surface area contributed by atoms with Gasteiger partial charge in [0.25, 0.3) is 0 Å². The van der Waals surface area contributed by atoms with Crippen LogP contribution in [0.25, 0.3) is 0 Å².